The van der Waals surface area contributed by atoms with E-state index in [9.17, 15) is 9.59 Å². The van der Waals surface area contributed by atoms with Crippen molar-refractivity contribution < 1.29 is 14.3 Å². The van der Waals surface area contributed by atoms with Gasteiger partial charge < -0.3 is 19.5 Å². The number of carbonyl (C=O) groups is 2. The van der Waals surface area contributed by atoms with Crippen molar-refractivity contribution in [3.05, 3.63) is 29.6 Å². The van der Waals surface area contributed by atoms with Gasteiger partial charge in [0.25, 0.3) is 5.91 Å². The third-order valence-electron chi connectivity index (χ3n) is 6.79. The standard InChI is InChI=1S/C27H40N4O3/c1-18(2)17-31-23-11-10-20(16-22(23)29-24(31)19-8-6-7-9-19)25(32)28-21-12-14-30(15-13-21)26(33)34-27(3,4)5/h10-11,16,18-19,21H,6-9,12-15,17H2,1-5H3,(H,28,32). The van der Waals surface area contributed by atoms with Crippen LogP contribution in [0.15, 0.2) is 18.2 Å². The molecule has 1 saturated heterocycles. The van der Waals surface area contributed by atoms with Gasteiger partial charge in [0.15, 0.2) is 0 Å². The summed E-state index contributed by atoms with van der Waals surface area (Å²) in [4.78, 5) is 32.1. The molecular weight excluding hydrogens is 428 g/mol. The van der Waals surface area contributed by atoms with E-state index in [1.807, 2.05) is 32.9 Å². The summed E-state index contributed by atoms with van der Waals surface area (Å²) in [6, 6.07) is 5.97. The van der Waals surface area contributed by atoms with Gasteiger partial charge in [-0.25, -0.2) is 9.78 Å². The molecule has 4 rings (SSSR count). The van der Waals surface area contributed by atoms with Crippen LogP contribution >= 0.6 is 0 Å². The van der Waals surface area contributed by atoms with E-state index in [4.69, 9.17) is 9.72 Å². The van der Waals surface area contributed by atoms with E-state index in [1.165, 1.54) is 31.5 Å². The Labute approximate surface area is 203 Å². The van der Waals surface area contributed by atoms with Crippen molar-refractivity contribution in [2.75, 3.05) is 13.1 Å². The Bertz CT molecular complexity index is 1020. The Kier molecular flexibility index (Phi) is 7.20. The molecular formula is C27H40N4O3. The number of benzene rings is 1. The molecule has 7 heteroatoms. The lowest BCUT2D eigenvalue weighted by Gasteiger charge is -2.33. The summed E-state index contributed by atoms with van der Waals surface area (Å²) in [5, 5.41) is 3.16. The minimum Gasteiger partial charge on any atom is -0.444 e. The first kappa shape index (κ1) is 24.6. The first-order valence-electron chi connectivity index (χ1n) is 12.9. The zero-order valence-electron chi connectivity index (χ0n) is 21.4. The summed E-state index contributed by atoms with van der Waals surface area (Å²) in [5.41, 5.74) is 2.18. The molecule has 0 bridgehead atoms. The third kappa shape index (κ3) is 5.73. The van der Waals surface area contributed by atoms with Crippen LogP contribution < -0.4 is 5.32 Å². The molecule has 0 unspecified atom stereocenters. The van der Waals surface area contributed by atoms with Gasteiger partial charge in [-0.3, -0.25) is 4.79 Å². The van der Waals surface area contributed by atoms with Gasteiger partial charge in [-0.05, 0) is 70.6 Å². The molecule has 0 spiro atoms. The SMILES string of the molecule is CC(C)Cn1c(C2CCCC2)nc2cc(C(=O)NC3CCN(C(=O)OC(C)(C)C)CC3)ccc21. The van der Waals surface area contributed by atoms with Gasteiger partial charge in [0.1, 0.15) is 11.4 Å². The molecule has 2 fully saturated rings. The zero-order chi connectivity index (χ0) is 24.5. The molecule has 1 aromatic carbocycles. The van der Waals surface area contributed by atoms with Crippen LogP contribution in [0.4, 0.5) is 4.79 Å². The smallest absolute Gasteiger partial charge is 0.410 e. The maximum atomic E-state index is 13.0. The molecule has 2 heterocycles. The fourth-order valence-electron chi connectivity index (χ4n) is 5.14. The molecule has 2 aliphatic rings. The maximum Gasteiger partial charge on any atom is 0.410 e. The van der Waals surface area contributed by atoms with Crippen LogP contribution in [0.25, 0.3) is 11.0 Å². The first-order chi connectivity index (χ1) is 16.1. The Morgan fingerprint density at radius 1 is 1.12 bits per heavy atom. The third-order valence-corrected chi connectivity index (χ3v) is 6.79. The van der Waals surface area contributed by atoms with E-state index < -0.39 is 5.60 Å². The Hall–Kier alpha value is -2.57. The van der Waals surface area contributed by atoms with Gasteiger partial charge in [0.2, 0.25) is 0 Å². The highest BCUT2D eigenvalue weighted by molar-refractivity contribution is 5.97. The van der Waals surface area contributed by atoms with Crippen molar-refractivity contribution in [3.63, 3.8) is 0 Å². The Morgan fingerprint density at radius 2 is 1.79 bits per heavy atom. The van der Waals surface area contributed by atoms with Crippen molar-refractivity contribution >= 4 is 23.0 Å². The van der Waals surface area contributed by atoms with E-state index in [0.29, 0.717) is 30.5 Å². The van der Waals surface area contributed by atoms with Crippen LogP contribution in [0.3, 0.4) is 0 Å². The van der Waals surface area contributed by atoms with Crippen LogP contribution in [0.5, 0.6) is 0 Å². The molecule has 1 aromatic heterocycles. The van der Waals surface area contributed by atoms with Crippen molar-refractivity contribution in [1.29, 1.82) is 0 Å². The van der Waals surface area contributed by atoms with E-state index in [-0.39, 0.29) is 18.0 Å². The van der Waals surface area contributed by atoms with Crippen molar-refractivity contribution in [2.24, 2.45) is 5.92 Å². The molecule has 1 saturated carbocycles. The number of nitrogens with one attached hydrogen (secondary N) is 1. The van der Waals surface area contributed by atoms with E-state index >= 15 is 0 Å². The summed E-state index contributed by atoms with van der Waals surface area (Å²) >= 11 is 0. The fourth-order valence-corrected chi connectivity index (χ4v) is 5.14. The minimum atomic E-state index is -0.499. The molecule has 2 aromatic rings. The molecule has 186 valence electrons. The number of likely N-dealkylation sites (tertiary alicyclic amines) is 1. The topological polar surface area (TPSA) is 76.5 Å². The summed E-state index contributed by atoms with van der Waals surface area (Å²) in [5.74, 6) is 2.18. The predicted octanol–water partition coefficient (Wildman–Crippen LogP) is 5.48. The normalized spacial score (nSPS) is 18.1. The average molecular weight is 469 g/mol. The van der Waals surface area contributed by atoms with Gasteiger partial charge in [-0.15, -0.1) is 0 Å². The number of hydrogen-bond donors (Lipinski definition) is 1. The highest BCUT2D eigenvalue weighted by atomic mass is 16.6. The van der Waals surface area contributed by atoms with Crippen molar-refractivity contribution in [1.82, 2.24) is 19.8 Å². The summed E-state index contributed by atoms with van der Waals surface area (Å²) < 4.78 is 7.85. The average Bonchev–Trinajstić information content (AvgIpc) is 3.40. The molecule has 1 aliphatic heterocycles. The van der Waals surface area contributed by atoms with Crippen LogP contribution in [0, 0.1) is 5.92 Å². The largest absolute Gasteiger partial charge is 0.444 e. The quantitative estimate of drug-likeness (QED) is 0.630. The van der Waals surface area contributed by atoms with Gasteiger partial charge in [-0.1, -0.05) is 26.7 Å². The lowest BCUT2D eigenvalue weighted by molar-refractivity contribution is 0.0199. The second kappa shape index (κ2) is 9.96. The summed E-state index contributed by atoms with van der Waals surface area (Å²) in [7, 11) is 0. The van der Waals surface area contributed by atoms with Gasteiger partial charge in [-0.2, -0.15) is 0 Å². The zero-order valence-corrected chi connectivity index (χ0v) is 21.4. The Morgan fingerprint density at radius 3 is 2.41 bits per heavy atom. The molecule has 7 nitrogen and oxygen atoms in total. The van der Waals surface area contributed by atoms with Crippen molar-refractivity contribution in [2.45, 2.75) is 97.2 Å². The minimum absolute atomic E-state index is 0.0504. The lowest BCUT2D eigenvalue weighted by Crippen LogP contribution is -2.47. The molecule has 0 radical (unpaired) electrons. The summed E-state index contributed by atoms with van der Waals surface area (Å²) in [6.45, 7) is 12.2. The maximum absolute atomic E-state index is 13.0. The molecule has 1 aliphatic carbocycles. The molecule has 1 N–H and O–H groups in total. The fraction of sp³-hybridized carbons (Fsp3) is 0.667. The van der Waals surface area contributed by atoms with Gasteiger partial charge in [0, 0.05) is 37.2 Å². The molecule has 34 heavy (non-hydrogen) atoms. The van der Waals surface area contributed by atoms with E-state index in [2.05, 4.69) is 29.8 Å². The van der Waals surface area contributed by atoms with Crippen LogP contribution in [0.1, 0.15) is 95.2 Å². The first-order valence-corrected chi connectivity index (χ1v) is 12.9. The number of amides is 2. The summed E-state index contributed by atoms with van der Waals surface area (Å²) in [6.07, 6.45) is 6.13. The van der Waals surface area contributed by atoms with Gasteiger partial charge in [0.05, 0.1) is 11.0 Å². The second-order valence-electron chi connectivity index (χ2n) is 11.4. The lowest BCUT2D eigenvalue weighted by atomic mass is 10.0. The number of nitrogens with zero attached hydrogens (tertiary/aromatic N) is 3. The number of carbonyl (C=O) groups excluding carboxylic acids is 2. The second-order valence-corrected chi connectivity index (χ2v) is 11.4. The van der Waals surface area contributed by atoms with Crippen molar-refractivity contribution in [3.8, 4) is 0 Å². The van der Waals surface area contributed by atoms with E-state index in [0.717, 1.165) is 30.4 Å². The highest BCUT2D eigenvalue weighted by Gasteiger charge is 2.28. The number of piperidine rings is 1. The number of imidazole rings is 1. The molecule has 0 atom stereocenters. The number of fused-ring (bicyclic) bond motifs is 1. The number of aromatic nitrogens is 2. The number of rotatable bonds is 5. The predicted molar refractivity (Wildman–Crippen MR) is 134 cm³/mol. The highest BCUT2D eigenvalue weighted by Crippen LogP contribution is 2.35. The molecule has 2 amide bonds. The Balaban J connectivity index is 1.43. The number of hydrogen-bond acceptors (Lipinski definition) is 4. The van der Waals surface area contributed by atoms with Crippen LogP contribution in [0.2, 0.25) is 0 Å². The van der Waals surface area contributed by atoms with E-state index in [1.54, 1.807) is 4.90 Å². The van der Waals surface area contributed by atoms with Gasteiger partial charge >= 0.3 is 6.09 Å². The number of ether oxygens (including phenoxy) is 1. The van der Waals surface area contributed by atoms with Crippen LogP contribution in [-0.2, 0) is 11.3 Å². The monoisotopic (exact) mass is 468 g/mol. The van der Waals surface area contributed by atoms with Crippen LogP contribution in [-0.4, -0.2) is 51.2 Å².